The lowest BCUT2D eigenvalue weighted by Crippen LogP contribution is -2.51. The maximum atomic E-state index is 13.0. The van der Waals surface area contributed by atoms with Crippen LogP contribution in [0.25, 0.3) is 0 Å². The molecule has 2 amide bonds. The van der Waals surface area contributed by atoms with Gasteiger partial charge in [-0.05, 0) is 37.1 Å². The van der Waals surface area contributed by atoms with Gasteiger partial charge in [0.2, 0.25) is 11.8 Å². The van der Waals surface area contributed by atoms with Crippen LogP contribution in [0.15, 0.2) is 91.2 Å². The zero-order chi connectivity index (χ0) is 37.3. The lowest BCUT2D eigenvalue weighted by atomic mass is 9.85. The highest BCUT2D eigenvalue weighted by atomic mass is 16.5. The van der Waals surface area contributed by atoms with Gasteiger partial charge in [0, 0.05) is 63.2 Å². The van der Waals surface area contributed by atoms with Crippen LogP contribution in [0, 0.1) is 11.8 Å². The number of aromatic nitrogens is 1. The molecule has 0 saturated carbocycles. The average Bonchev–Trinajstić information content (AvgIpc) is 3.36. The number of carboxylic acids is 4. The molecule has 4 N–H and O–H groups in total. The topological polar surface area (TPSA) is 232 Å². The van der Waals surface area contributed by atoms with Crippen molar-refractivity contribution in [3.8, 4) is 0 Å². The Morgan fingerprint density at radius 3 is 1.65 bits per heavy atom. The van der Waals surface area contributed by atoms with E-state index in [0.717, 1.165) is 32.0 Å². The zero-order valence-electron chi connectivity index (χ0n) is 27.4. The predicted molar refractivity (Wildman–Crippen MR) is 179 cm³/mol. The summed E-state index contributed by atoms with van der Waals surface area (Å²) in [5.41, 5.74) is 0.453. The molecular weight excluding hydrogens is 668 g/mol. The molecular formula is C35H38N4O12. The third-order valence-corrected chi connectivity index (χ3v) is 7.81. The number of hydrogen-bond acceptors (Lipinski definition) is 11. The van der Waals surface area contributed by atoms with Crippen LogP contribution in [0.5, 0.6) is 0 Å². The van der Waals surface area contributed by atoms with Crippen molar-refractivity contribution in [1.29, 1.82) is 0 Å². The SMILES string of the molecule is O=C(O)/C=C\C(=O)O.O=C(O)/C=C\C(=O)O.O=C(OC(CN1CCN(c2ccccn2)CC1)CN1C(=O)[C@H]2CC=CC[C@H]2C1=O)c1ccccc1. The molecule has 3 aliphatic rings. The minimum Gasteiger partial charge on any atom is -0.478 e. The molecule has 16 nitrogen and oxygen atoms in total. The second kappa shape index (κ2) is 19.7. The van der Waals surface area contributed by atoms with E-state index in [0.29, 0.717) is 49.3 Å². The highest BCUT2D eigenvalue weighted by molar-refractivity contribution is 6.05. The summed E-state index contributed by atoms with van der Waals surface area (Å²) in [6, 6.07) is 14.7. The molecule has 1 aromatic carbocycles. The third kappa shape index (κ3) is 13.0. The molecule has 0 radical (unpaired) electrons. The normalized spacial score (nSPS) is 19.0. The quantitative estimate of drug-likeness (QED) is 0.113. The van der Waals surface area contributed by atoms with E-state index >= 15 is 0 Å². The monoisotopic (exact) mass is 706 g/mol. The number of piperazine rings is 1. The molecule has 1 aliphatic carbocycles. The van der Waals surface area contributed by atoms with Crippen molar-refractivity contribution in [3.63, 3.8) is 0 Å². The Bertz CT molecular complexity index is 1540. The van der Waals surface area contributed by atoms with Crippen molar-refractivity contribution in [3.05, 3.63) is 96.7 Å². The standard InChI is InChI=1S/C27H30N4O4.2C4H4O4/c32-25-22-10-4-5-11-23(22)26(33)31(25)19-21(35-27(34)20-8-2-1-3-9-20)18-29-14-16-30(17-15-29)24-12-6-7-13-28-24;2*5-3(6)1-2-4(7)8/h1-9,12-13,21-23H,10-11,14-19H2;2*1-2H,(H,5,6)(H,7,8)/b;2*2-1-/t21?,22-,23+;;. The Morgan fingerprint density at radius 1 is 0.706 bits per heavy atom. The Balaban J connectivity index is 0.000000366. The van der Waals surface area contributed by atoms with Crippen LogP contribution >= 0.6 is 0 Å². The number of amides is 2. The van der Waals surface area contributed by atoms with Crippen LogP contribution < -0.4 is 4.90 Å². The fourth-order valence-corrected chi connectivity index (χ4v) is 5.45. The Hall–Kier alpha value is -6.16. The second-order valence-corrected chi connectivity index (χ2v) is 11.3. The minimum absolute atomic E-state index is 0.0870. The molecule has 51 heavy (non-hydrogen) atoms. The summed E-state index contributed by atoms with van der Waals surface area (Å²) in [7, 11) is 0. The van der Waals surface area contributed by atoms with E-state index in [4.69, 9.17) is 25.2 Å². The fraction of sp³-hybridized carbons (Fsp3) is 0.314. The number of pyridine rings is 1. The Labute approximate surface area is 292 Å². The molecule has 270 valence electrons. The van der Waals surface area contributed by atoms with E-state index in [1.54, 1.807) is 30.5 Å². The van der Waals surface area contributed by atoms with Gasteiger partial charge in [0.05, 0.1) is 23.9 Å². The molecule has 16 heteroatoms. The fourth-order valence-electron chi connectivity index (χ4n) is 5.45. The first-order chi connectivity index (χ1) is 24.3. The molecule has 3 heterocycles. The van der Waals surface area contributed by atoms with Crippen molar-refractivity contribution in [2.75, 3.05) is 44.2 Å². The van der Waals surface area contributed by atoms with Crippen LogP contribution in [0.1, 0.15) is 23.2 Å². The summed E-state index contributed by atoms with van der Waals surface area (Å²) in [6.07, 6.45) is 8.55. The number of allylic oxidation sites excluding steroid dienone is 2. The molecule has 5 rings (SSSR count). The van der Waals surface area contributed by atoms with E-state index in [1.165, 1.54) is 4.90 Å². The zero-order valence-corrected chi connectivity index (χ0v) is 27.4. The van der Waals surface area contributed by atoms with Gasteiger partial charge in [-0.3, -0.25) is 19.4 Å². The maximum Gasteiger partial charge on any atom is 0.338 e. The molecule has 2 fully saturated rings. The largest absolute Gasteiger partial charge is 0.478 e. The summed E-state index contributed by atoms with van der Waals surface area (Å²) in [4.78, 5) is 87.4. The van der Waals surface area contributed by atoms with Gasteiger partial charge in [-0.15, -0.1) is 0 Å². The number of carbonyl (C=O) groups is 7. The van der Waals surface area contributed by atoms with Gasteiger partial charge >= 0.3 is 29.8 Å². The van der Waals surface area contributed by atoms with Crippen molar-refractivity contribution < 1.29 is 58.7 Å². The lowest BCUT2D eigenvalue weighted by Gasteiger charge is -2.37. The van der Waals surface area contributed by atoms with Gasteiger partial charge in [-0.25, -0.2) is 29.0 Å². The molecule has 2 saturated heterocycles. The molecule has 2 aromatic rings. The number of rotatable bonds is 11. The van der Waals surface area contributed by atoms with E-state index in [2.05, 4.69) is 14.8 Å². The predicted octanol–water partition coefficient (Wildman–Crippen LogP) is 1.80. The number of fused-ring (bicyclic) bond motifs is 1. The van der Waals surface area contributed by atoms with Gasteiger partial charge in [-0.1, -0.05) is 36.4 Å². The number of likely N-dealkylation sites (tertiary alicyclic amines) is 1. The van der Waals surface area contributed by atoms with Crippen molar-refractivity contribution in [2.45, 2.75) is 18.9 Å². The van der Waals surface area contributed by atoms with Crippen LogP contribution in [0.3, 0.4) is 0 Å². The maximum absolute atomic E-state index is 13.0. The first-order valence-corrected chi connectivity index (χ1v) is 15.8. The van der Waals surface area contributed by atoms with E-state index < -0.39 is 36.0 Å². The van der Waals surface area contributed by atoms with Gasteiger partial charge in [0.1, 0.15) is 11.9 Å². The summed E-state index contributed by atoms with van der Waals surface area (Å²) < 4.78 is 5.89. The number of benzene rings is 1. The van der Waals surface area contributed by atoms with Crippen LogP contribution in [0.2, 0.25) is 0 Å². The lowest BCUT2D eigenvalue weighted by molar-refractivity contribution is -0.142. The van der Waals surface area contributed by atoms with Gasteiger partial charge < -0.3 is 30.1 Å². The van der Waals surface area contributed by atoms with E-state index in [-0.39, 0.29) is 30.2 Å². The number of esters is 1. The van der Waals surface area contributed by atoms with Gasteiger partial charge in [0.25, 0.3) is 0 Å². The molecule has 2 aliphatic heterocycles. The molecule has 3 atom stereocenters. The Morgan fingerprint density at radius 2 is 1.20 bits per heavy atom. The average molecular weight is 707 g/mol. The van der Waals surface area contributed by atoms with Crippen molar-refractivity contribution in [2.24, 2.45) is 11.8 Å². The molecule has 0 spiro atoms. The number of carboxylic acid groups (broad SMARTS) is 4. The number of nitrogens with zero attached hydrogens (tertiary/aromatic N) is 4. The minimum atomic E-state index is -1.26. The summed E-state index contributed by atoms with van der Waals surface area (Å²) in [5.74, 6) is -5.40. The number of hydrogen-bond donors (Lipinski definition) is 4. The van der Waals surface area contributed by atoms with E-state index in [9.17, 15) is 33.6 Å². The highest BCUT2D eigenvalue weighted by Crippen LogP contribution is 2.35. The number of aliphatic carboxylic acids is 4. The van der Waals surface area contributed by atoms with Crippen LogP contribution in [-0.4, -0.2) is 122 Å². The van der Waals surface area contributed by atoms with E-state index in [1.807, 2.05) is 36.4 Å². The summed E-state index contributed by atoms with van der Waals surface area (Å²) in [6.45, 7) is 3.69. The number of carbonyl (C=O) groups excluding carboxylic acids is 3. The van der Waals surface area contributed by atoms with Crippen LogP contribution in [0.4, 0.5) is 5.82 Å². The number of ether oxygens (including phenoxy) is 1. The molecule has 1 unspecified atom stereocenters. The molecule has 0 bridgehead atoms. The third-order valence-electron chi connectivity index (χ3n) is 7.81. The summed E-state index contributed by atoms with van der Waals surface area (Å²) in [5, 5.41) is 31.2. The smallest absolute Gasteiger partial charge is 0.338 e. The first kappa shape index (κ1) is 39.3. The van der Waals surface area contributed by atoms with Gasteiger partial charge in [-0.2, -0.15) is 0 Å². The van der Waals surface area contributed by atoms with Gasteiger partial charge in [0.15, 0.2) is 0 Å². The number of anilines is 1. The summed E-state index contributed by atoms with van der Waals surface area (Å²) >= 11 is 0. The first-order valence-electron chi connectivity index (χ1n) is 15.8. The number of imide groups is 1. The highest BCUT2D eigenvalue weighted by Gasteiger charge is 2.48. The Kier molecular flexibility index (Phi) is 15.2. The van der Waals surface area contributed by atoms with Crippen LogP contribution in [-0.2, 0) is 33.5 Å². The molecule has 1 aromatic heterocycles. The van der Waals surface area contributed by atoms with Crippen molar-refractivity contribution in [1.82, 2.24) is 14.8 Å². The van der Waals surface area contributed by atoms with Crippen molar-refractivity contribution >= 4 is 47.5 Å². The second-order valence-electron chi connectivity index (χ2n) is 11.3.